The highest BCUT2D eigenvalue weighted by Crippen LogP contribution is 2.11. The van der Waals surface area contributed by atoms with E-state index in [-0.39, 0.29) is 0 Å². The van der Waals surface area contributed by atoms with E-state index in [0.29, 0.717) is 12.5 Å². The van der Waals surface area contributed by atoms with Crippen LogP contribution < -0.4 is 5.32 Å². The van der Waals surface area contributed by atoms with Crippen molar-refractivity contribution in [3.05, 3.63) is 59.8 Å². The monoisotopic (exact) mass is 280 g/mol. The number of hydrogen-bond donors (Lipinski definition) is 1. The second-order valence-corrected chi connectivity index (χ2v) is 4.75. The Bertz CT molecular complexity index is 735. The summed E-state index contributed by atoms with van der Waals surface area (Å²) >= 11 is 0. The normalized spacial score (nSPS) is 10.6. The van der Waals surface area contributed by atoms with Crippen molar-refractivity contribution in [2.45, 2.75) is 20.4 Å². The predicted molar refractivity (Wildman–Crippen MR) is 80.2 cm³/mol. The molecule has 3 aromatic rings. The summed E-state index contributed by atoms with van der Waals surface area (Å²) in [5, 5.41) is 7.60. The second-order valence-electron chi connectivity index (χ2n) is 4.75. The van der Waals surface area contributed by atoms with Crippen LogP contribution in [0.25, 0.3) is 5.82 Å². The molecule has 0 aliphatic carbocycles. The highest BCUT2D eigenvalue weighted by atomic mass is 15.3. The fourth-order valence-electron chi connectivity index (χ4n) is 2.09. The molecule has 0 aliphatic rings. The molecule has 0 saturated heterocycles. The first-order chi connectivity index (χ1) is 10.2. The third kappa shape index (κ3) is 3.05. The van der Waals surface area contributed by atoms with Crippen molar-refractivity contribution in [3.63, 3.8) is 0 Å². The first kappa shape index (κ1) is 13.2. The van der Waals surface area contributed by atoms with Gasteiger partial charge >= 0.3 is 0 Å². The van der Waals surface area contributed by atoms with Crippen molar-refractivity contribution in [2.24, 2.45) is 0 Å². The van der Waals surface area contributed by atoms with Gasteiger partial charge in [0.1, 0.15) is 0 Å². The largest absolute Gasteiger partial charge is 0.349 e. The van der Waals surface area contributed by atoms with Crippen molar-refractivity contribution in [1.29, 1.82) is 0 Å². The van der Waals surface area contributed by atoms with E-state index < -0.39 is 0 Å². The number of anilines is 1. The lowest BCUT2D eigenvalue weighted by Gasteiger charge is -2.07. The Labute approximate surface area is 122 Å². The molecular formula is C15H16N6. The van der Waals surface area contributed by atoms with Crippen LogP contribution in [0.4, 0.5) is 5.95 Å². The van der Waals surface area contributed by atoms with E-state index in [1.807, 2.05) is 48.9 Å². The molecule has 0 atom stereocenters. The fourth-order valence-corrected chi connectivity index (χ4v) is 2.09. The minimum atomic E-state index is 0.561. The molecule has 0 amide bonds. The van der Waals surface area contributed by atoms with E-state index >= 15 is 0 Å². The summed E-state index contributed by atoms with van der Waals surface area (Å²) < 4.78 is 1.81. The zero-order valence-corrected chi connectivity index (χ0v) is 12.0. The van der Waals surface area contributed by atoms with E-state index in [0.717, 1.165) is 22.9 Å². The summed E-state index contributed by atoms with van der Waals surface area (Å²) in [6.07, 6.45) is 3.49. The summed E-state index contributed by atoms with van der Waals surface area (Å²) in [5.74, 6) is 1.31. The van der Waals surface area contributed by atoms with Crippen LogP contribution in [0.3, 0.4) is 0 Å². The zero-order chi connectivity index (χ0) is 14.7. The molecule has 3 aromatic heterocycles. The molecule has 6 heteroatoms. The maximum atomic E-state index is 4.48. The lowest BCUT2D eigenvalue weighted by atomic mass is 10.3. The van der Waals surface area contributed by atoms with E-state index in [9.17, 15) is 0 Å². The Morgan fingerprint density at radius 1 is 1.10 bits per heavy atom. The Balaban J connectivity index is 1.79. The molecule has 21 heavy (non-hydrogen) atoms. The van der Waals surface area contributed by atoms with Crippen molar-refractivity contribution in [2.75, 3.05) is 5.32 Å². The van der Waals surface area contributed by atoms with Crippen molar-refractivity contribution >= 4 is 5.95 Å². The number of nitrogens with one attached hydrogen (secondary N) is 1. The Morgan fingerprint density at radius 3 is 2.71 bits per heavy atom. The molecule has 106 valence electrons. The van der Waals surface area contributed by atoms with Crippen molar-refractivity contribution in [1.82, 2.24) is 24.7 Å². The van der Waals surface area contributed by atoms with Crippen LogP contribution in [0.1, 0.15) is 17.1 Å². The van der Waals surface area contributed by atoms with Crippen LogP contribution >= 0.6 is 0 Å². The number of aryl methyl sites for hydroxylation is 2. The number of pyridine rings is 1. The molecule has 0 aromatic carbocycles. The molecule has 6 nitrogen and oxygen atoms in total. The quantitative estimate of drug-likeness (QED) is 0.794. The van der Waals surface area contributed by atoms with Gasteiger partial charge in [-0.1, -0.05) is 6.07 Å². The number of nitrogens with zero attached hydrogens (tertiary/aromatic N) is 5. The Hall–Kier alpha value is -2.76. The van der Waals surface area contributed by atoms with Gasteiger partial charge in [-0.05, 0) is 32.0 Å². The van der Waals surface area contributed by atoms with E-state index in [2.05, 4.69) is 25.4 Å². The lowest BCUT2D eigenvalue weighted by molar-refractivity contribution is 0.800. The minimum absolute atomic E-state index is 0.561. The lowest BCUT2D eigenvalue weighted by Crippen LogP contribution is -2.08. The summed E-state index contributed by atoms with van der Waals surface area (Å²) in [5.41, 5.74) is 2.95. The molecule has 0 saturated carbocycles. The standard InChI is InChI=1S/C15H16N6/c1-11-9-12(2)21(20-11)14-6-8-17-15(19-14)18-10-13-5-3-4-7-16-13/h3-9H,10H2,1-2H3,(H,17,18,19). The van der Waals surface area contributed by atoms with Gasteiger partial charge in [0, 0.05) is 24.2 Å². The minimum Gasteiger partial charge on any atom is -0.349 e. The van der Waals surface area contributed by atoms with Crippen LogP contribution in [0.5, 0.6) is 0 Å². The summed E-state index contributed by atoms with van der Waals surface area (Å²) in [7, 11) is 0. The molecule has 0 radical (unpaired) electrons. The van der Waals surface area contributed by atoms with Gasteiger partial charge in [-0.2, -0.15) is 10.1 Å². The van der Waals surface area contributed by atoms with Gasteiger partial charge in [-0.3, -0.25) is 4.98 Å². The molecule has 0 unspecified atom stereocenters. The molecule has 0 bridgehead atoms. The van der Waals surface area contributed by atoms with Gasteiger partial charge in [-0.25, -0.2) is 9.67 Å². The van der Waals surface area contributed by atoms with Crippen LogP contribution in [0.2, 0.25) is 0 Å². The van der Waals surface area contributed by atoms with Crippen LogP contribution in [0, 0.1) is 13.8 Å². The van der Waals surface area contributed by atoms with Crippen molar-refractivity contribution < 1.29 is 0 Å². The van der Waals surface area contributed by atoms with E-state index in [1.54, 1.807) is 12.4 Å². The second kappa shape index (κ2) is 5.70. The van der Waals surface area contributed by atoms with Crippen molar-refractivity contribution in [3.8, 4) is 5.82 Å². The third-order valence-corrected chi connectivity index (χ3v) is 3.02. The molecule has 3 heterocycles. The highest BCUT2D eigenvalue weighted by Gasteiger charge is 2.06. The number of rotatable bonds is 4. The van der Waals surface area contributed by atoms with Gasteiger partial charge < -0.3 is 5.32 Å². The summed E-state index contributed by atoms with van der Waals surface area (Å²) in [4.78, 5) is 13.0. The third-order valence-electron chi connectivity index (χ3n) is 3.02. The van der Waals surface area contributed by atoms with Gasteiger partial charge in [0.2, 0.25) is 5.95 Å². The van der Waals surface area contributed by atoms with Gasteiger partial charge in [0.05, 0.1) is 17.9 Å². The highest BCUT2D eigenvalue weighted by molar-refractivity contribution is 5.33. The first-order valence-corrected chi connectivity index (χ1v) is 6.73. The smallest absolute Gasteiger partial charge is 0.224 e. The van der Waals surface area contributed by atoms with Crippen LogP contribution in [0.15, 0.2) is 42.7 Å². The average molecular weight is 280 g/mol. The predicted octanol–water partition coefficient (Wildman–Crippen LogP) is 2.29. The fraction of sp³-hybridized carbons (Fsp3) is 0.200. The number of aromatic nitrogens is 5. The van der Waals surface area contributed by atoms with Gasteiger partial charge in [0.15, 0.2) is 5.82 Å². The SMILES string of the molecule is Cc1cc(C)n(-c2ccnc(NCc3ccccn3)n2)n1. The molecule has 0 spiro atoms. The topological polar surface area (TPSA) is 68.5 Å². The Kier molecular flexibility index (Phi) is 3.59. The van der Waals surface area contributed by atoms with E-state index in [4.69, 9.17) is 0 Å². The molecular weight excluding hydrogens is 264 g/mol. The molecule has 3 rings (SSSR count). The number of hydrogen-bond acceptors (Lipinski definition) is 5. The molecule has 0 fully saturated rings. The zero-order valence-electron chi connectivity index (χ0n) is 12.0. The van der Waals surface area contributed by atoms with Crippen LogP contribution in [-0.2, 0) is 6.54 Å². The van der Waals surface area contributed by atoms with Gasteiger partial charge in [-0.15, -0.1) is 0 Å². The maximum Gasteiger partial charge on any atom is 0.224 e. The molecule has 1 N–H and O–H groups in total. The Morgan fingerprint density at radius 2 is 2.00 bits per heavy atom. The summed E-state index contributed by atoms with van der Waals surface area (Å²) in [6.45, 7) is 4.55. The van der Waals surface area contributed by atoms with Gasteiger partial charge in [0.25, 0.3) is 0 Å². The van der Waals surface area contributed by atoms with E-state index in [1.165, 1.54) is 0 Å². The summed E-state index contributed by atoms with van der Waals surface area (Å²) in [6, 6.07) is 9.66. The van der Waals surface area contributed by atoms with Crippen LogP contribution in [-0.4, -0.2) is 24.7 Å². The maximum absolute atomic E-state index is 4.48. The molecule has 0 aliphatic heterocycles. The average Bonchev–Trinajstić information content (AvgIpc) is 2.85. The first-order valence-electron chi connectivity index (χ1n) is 6.73.